The summed E-state index contributed by atoms with van der Waals surface area (Å²) in [5.74, 6) is -1.09. The predicted molar refractivity (Wildman–Crippen MR) is 53.5 cm³/mol. The van der Waals surface area contributed by atoms with Crippen LogP contribution in [0.1, 0.15) is 32.6 Å². The van der Waals surface area contributed by atoms with Crippen LogP contribution in [0.15, 0.2) is 12.7 Å². The van der Waals surface area contributed by atoms with E-state index >= 15 is 0 Å². The lowest BCUT2D eigenvalue weighted by Gasteiger charge is -2.24. The van der Waals surface area contributed by atoms with Crippen LogP contribution in [0.2, 0.25) is 0 Å². The zero-order valence-electron chi connectivity index (χ0n) is 8.38. The fourth-order valence-corrected chi connectivity index (χ4v) is 1.21. The molecule has 0 saturated carbocycles. The highest BCUT2D eigenvalue weighted by molar-refractivity contribution is 5.84. The highest BCUT2D eigenvalue weighted by atomic mass is 16.4. The number of carbonyl (C=O) groups is 1. The van der Waals surface area contributed by atoms with Crippen molar-refractivity contribution in [2.75, 3.05) is 0 Å². The van der Waals surface area contributed by atoms with Gasteiger partial charge in [-0.2, -0.15) is 0 Å². The van der Waals surface area contributed by atoms with Gasteiger partial charge >= 0.3 is 12.4 Å². The van der Waals surface area contributed by atoms with Crippen molar-refractivity contribution < 1.29 is 14.7 Å². The minimum Gasteiger partial charge on any atom is -0.479 e. The molecule has 1 unspecified atom stereocenters. The number of carboxylic acid groups (broad SMARTS) is 1. The monoisotopic (exact) mass is 198 g/mol. The van der Waals surface area contributed by atoms with Crippen LogP contribution in [0, 0.1) is 0 Å². The molecule has 1 radical (unpaired) electrons. The largest absolute Gasteiger partial charge is 0.479 e. The zero-order valence-corrected chi connectivity index (χ0v) is 8.38. The number of rotatable bonds is 8. The second kappa shape index (κ2) is 6.18. The molecule has 0 spiro atoms. The Bertz CT molecular complexity index is 215. The second-order valence-corrected chi connectivity index (χ2v) is 3.16. The summed E-state index contributed by atoms with van der Waals surface area (Å²) in [6.07, 6.45) is 5.69. The maximum Gasteiger partial charge on any atom is 0.333 e. The first-order chi connectivity index (χ1) is 6.63. The molecule has 0 heterocycles. The van der Waals surface area contributed by atoms with Gasteiger partial charge in [-0.05, 0) is 6.42 Å². The van der Waals surface area contributed by atoms with Gasteiger partial charge in [-0.15, -0.1) is 6.58 Å². The van der Waals surface area contributed by atoms with Crippen molar-refractivity contribution in [3.05, 3.63) is 12.7 Å². The molecule has 0 bridgehead atoms. The number of nitrogens with one attached hydrogen (secondary N) is 1. The van der Waals surface area contributed by atoms with E-state index in [1.165, 1.54) is 12.5 Å². The van der Waals surface area contributed by atoms with E-state index in [9.17, 15) is 9.59 Å². The first-order valence-corrected chi connectivity index (χ1v) is 4.64. The number of amides is 1. The third kappa shape index (κ3) is 3.20. The van der Waals surface area contributed by atoms with Gasteiger partial charge in [-0.25, -0.2) is 4.79 Å². The van der Waals surface area contributed by atoms with E-state index in [-0.39, 0.29) is 0 Å². The number of hydrogen-bond donors (Lipinski definition) is 2. The molecule has 0 saturated heterocycles. The summed E-state index contributed by atoms with van der Waals surface area (Å²) in [5.41, 5.74) is -1.35. The Morgan fingerprint density at radius 3 is 2.64 bits per heavy atom. The maximum atomic E-state index is 10.9. The number of aliphatic carboxylic acids is 1. The molecule has 1 atom stereocenters. The van der Waals surface area contributed by atoms with Crippen molar-refractivity contribution in [3.8, 4) is 0 Å². The predicted octanol–water partition coefficient (Wildman–Crippen LogP) is 1.23. The molecule has 79 valence electrons. The molecule has 0 aliphatic rings. The van der Waals surface area contributed by atoms with E-state index in [4.69, 9.17) is 5.11 Å². The topological polar surface area (TPSA) is 66.4 Å². The van der Waals surface area contributed by atoms with E-state index in [1.54, 1.807) is 0 Å². The molecule has 0 aromatic heterocycles. The first kappa shape index (κ1) is 12.7. The van der Waals surface area contributed by atoms with Gasteiger partial charge < -0.3 is 10.4 Å². The Balaban J connectivity index is 4.41. The highest BCUT2D eigenvalue weighted by Crippen LogP contribution is 2.16. The highest BCUT2D eigenvalue weighted by Gasteiger charge is 2.34. The van der Waals surface area contributed by atoms with Gasteiger partial charge in [0, 0.05) is 0 Å². The van der Waals surface area contributed by atoms with Crippen LogP contribution < -0.4 is 5.32 Å². The zero-order chi connectivity index (χ0) is 11.0. The Hall–Kier alpha value is -1.32. The summed E-state index contributed by atoms with van der Waals surface area (Å²) in [6, 6.07) is 0. The van der Waals surface area contributed by atoms with Gasteiger partial charge in [0.1, 0.15) is 0 Å². The molecule has 0 aliphatic heterocycles. The Labute approximate surface area is 84.0 Å². The summed E-state index contributed by atoms with van der Waals surface area (Å²) < 4.78 is 0. The standard InChI is InChI=1S/C10H16NO3/c1-3-5-6-7-10(4-2,9(13)14)11-8-12/h4H,2-3,5-7H2,1H3,(H,11,12)(H,13,14). The third-order valence-corrected chi connectivity index (χ3v) is 2.18. The van der Waals surface area contributed by atoms with Gasteiger partial charge in [-0.3, -0.25) is 4.79 Å². The van der Waals surface area contributed by atoms with Crippen molar-refractivity contribution in [2.24, 2.45) is 0 Å². The maximum absolute atomic E-state index is 10.9. The van der Waals surface area contributed by atoms with Crippen LogP contribution in [-0.4, -0.2) is 23.0 Å². The molecule has 0 aliphatic carbocycles. The summed E-state index contributed by atoms with van der Waals surface area (Å²) in [4.78, 5) is 21.1. The lowest BCUT2D eigenvalue weighted by atomic mass is 9.92. The number of carbonyl (C=O) groups excluding carboxylic acids is 1. The summed E-state index contributed by atoms with van der Waals surface area (Å²) in [6.45, 7) is 5.45. The van der Waals surface area contributed by atoms with Crippen molar-refractivity contribution in [3.63, 3.8) is 0 Å². The average molecular weight is 198 g/mol. The number of hydrogen-bond acceptors (Lipinski definition) is 2. The van der Waals surface area contributed by atoms with Crippen LogP contribution in [0.25, 0.3) is 0 Å². The molecule has 1 amide bonds. The Kier molecular flexibility index (Phi) is 5.60. The van der Waals surface area contributed by atoms with Gasteiger partial charge in [-0.1, -0.05) is 32.3 Å². The summed E-state index contributed by atoms with van der Waals surface area (Å²) >= 11 is 0. The smallest absolute Gasteiger partial charge is 0.333 e. The summed E-state index contributed by atoms with van der Waals surface area (Å²) in [7, 11) is 0. The van der Waals surface area contributed by atoms with Crippen LogP contribution in [0.3, 0.4) is 0 Å². The summed E-state index contributed by atoms with van der Waals surface area (Å²) in [5, 5.41) is 11.1. The lowest BCUT2D eigenvalue weighted by molar-refractivity contribution is -0.142. The van der Waals surface area contributed by atoms with Gasteiger partial charge in [0.15, 0.2) is 5.54 Å². The van der Waals surface area contributed by atoms with Crippen molar-refractivity contribution in [1.82, 2.24) is 5.32 Å². The average Bonchev–Trinajstić information content (AvgIpc) is 2.16. The van der Waals surface area contributed by atoms with E-state index in [1.807, 2.05) is 6.92 Å². The van der Waals surface area contributed by atoms with E-state index < -0.39 is 11.5 Å². The molecule has 2 N–H and O–H groups in total. The fourth-order valence-electron chi connectivity index (χ4n) is 1.21. The third-order valence-electron chi connectivity index (χ3n) is 2.18. The van der Waals surface area contributed by atoms with Gasteiger partial charge in [0.05, 0.1) is 0 Å². The van der Waals surface area contributed by atoms with E-state index in [2.05, 4.69) is 11.9 Å². The Morgan fingerprint density at radius 1 is 1.64 bits per heavy atom. The van der Waals surface area contributed by atoms with E-state index in [0.29, 0.717) is 6.42 Å². The Morgan fingerprint density at radius 2 is 2.29 bits per heavy atom. The van der Waals surface area contributed by atoms with Crippen LogP contribution >= 0.6 is 0 Å². The molecular formula is C10H16NO3. The molecule has 14 heavy (non-hydrogen) atoms. The quantitative estimate of drug-likeness (QED) is 0.350. The first-order valence-electron chi connectivity index (χ1n) is 4.64. The lowest BCUT2D eigenvalue weighted by Crippen LogP contribution is -2.49. The number of carboxylic acids is 1. The molecule has 0 aromatic rings. The molecule has 0 aromatic carbocycles. The van der Waals surface area contributed by atoms with Crippen LogP contribution in [0.4, 0.5) is 0 Å². The molecule has 0 fully saturated rings. The van der Waals surface area contributed by atoms with Gasteiger partial charge in [0.25, 0.3) is 0 Å². The SMILES string of the molecule is C=CC(CCCCC)(N[C]=O)C(=O)O. The van der Waals surface area contributed by atoms with Crippen molar-refractivity contribution >= 4 is 12.4 Å². The van der Waals surface area contributed by atoms with E-state index in [0.717, 1.165) is 19.3 Å². The van der Waals surface area contributed by atoms with Gasteiger partial charge in [0.2, 0.25) is 0 Å². The molecule has 0 rings (SSSR count). The second-order valence-electron chi connectivity index (χ2n) is 3.16. The van der Waals surface area contributed by atoms with Crippen molar-refractivity contribution in [1.29, 1.82) is 0 Å². The molecule has 4 nitrogen and oxygen atoms in total. The number of unbranched alkanes of at least 4 members (excludes halogenated alkanes) is 2. The normalized spacial score (nSPS) is 14.1. The minimum absolute atomic E-state index is 0.356. The van der Waals surface area contributed by atoms with Crippen LogP contribution in [0.5, 0.6) is 0 Å². The van der Waals surface area contributed by atoms with Crippen LogP contribution in [-0.2, 0) is 9.59 Å². The molecule has 4 heteroatoms. The van der Waals surface area contributed by atoms with Crippen molar-refractivity contribution in [2.45, 2.75) is 38.1 Å². The molecular weight excluding hydrogens is 182 g/mol. The minimum atomic E-state index is -1.35. The fraction of sp³-hybridized carbons (Fsp3) is 0.600.